The van der Waals surface area contributed by atoms with Gasteiger partial charge in [0.25, 0.3) is 0 Å². The summed E-state index contributed by atoms with van der Waals surface area (Å²) in [4.78, 5) is 12.0. The van der Waals surface area contributed by atoms with Crippen LogP contribution in [0.4, 0.5) is 0 Å². The topological polar surface area (TPSA) is 48.7 Å². The molecule has 1 heterocycles. The number of fused-ring (bicyclic) bond motifs is 1. The molecule has 3 rings (SSSR count). The van der Waals surface area contributed by atoms with Crippen molar-refractivity contribution >= 4 is 11.0 Å². The molecule has 0 saturated heterocycles. The van der Waals surface area contributed by atoms with Gasteiger partial charge in [-0.05, 0) is 37.1 Å². The first-order valence-electron chi connectivity index (χ1n) is 7.88. The molecular formula is C20H20O4. The van der Waals surface area contributed by atoms with Crippen LogP contribution in [-0.4, -0.2) is 19.8 Å². The fourth-order valence-corrected chi connectivity index (χ4v) is 2.82. The van der Waals surface area contributed by atoms with Gasteiger partial charge in [0.2, 0.25) is 0 Å². The second-order valence-corrected chi connectivity index (χ2v) is 5.84. The third kappa shape index (κ3) is 3.34. The lowest BCUT2D eigenvalue weighted by molar-refractivity contribution is 0.0921. The Morgan fingerprint density at radius 1 is 1.08 bits per heavy atom. The van der Waals surface area contributed by atoms with Crippen LogP contribution in [0.3, 0.4) is 0 Å². The summed E-state index contributed by atoms with van der Waals surface area (Å²) < 4.78 is 16.2. The minimum absolute atomic E-state index is 0.0845. The predicted octanol–water partition coefficient (Wildman–Crippen LogP) is 4.18. The maximum absolute atomic E-state index is 12.0. The van der Waals surface area contributed by atoms with Crippen molar-refractivity contribution in [2.75, 3.05) is 13.7 Å². The minimum atomic E-state index is -0.372. The SMILES string of the molecule is COCC(C)Oc1ccc2c(-c3ccccc3C)cc(=O)oc2c1. The molecule has 0 aliphatic rings. The Morgan fingerprint density at radius 2 is 1.88 bits per heavy atom. The van der Waals surface area contributed by atoms with Crippen molar-refractivity contribution in [2.45, 2.75) is 20.0 Å². The Hall–Kier alpha value is -2.59. The Morgan fingerprint density at radius 3 is 2.62 bits per heavy atom. The zero-order chi connectivity index (χ0) is 17.1. The molecule has 1 aromatic heterocycles. The van der Waals surface area contributed by atoms with E-state index in [0.717, 1.165) is 22.1 Å². The molecule has 1 unspecified atom stereocenters. The van der Waals surface area contributed by atoms with E-state index in [1.165, 1.54) is 0 Å². The number of hydrogen-bond acceptors (Lipinski definition) is 4. The van der Waals surface area contributed by atoms with Crippen LogP contribution >= 0.6 is 0 Å². The zero-order valence-corrected chi connectivity index (χ0v) is 14.0. The van der Waals surface area contributed by atoms with Gasteiger partial charge in [0, 0.05) is 30.2 Å². The first-order chi connectivity index (χ1) is 11.6. The summed E-state index contributed by atoms with van der Waals surface area (Å²) in [6.45, 7) is 4.44. The van der Waals surface area contributed by atoms with Gasteiger partial charge in [0.1, 0.15) is 17.4 Å². The highest BCUT2D eigenvalue weighted by Gasteiger charge is 2.11. The van der Waals surface area contributed by atoms with Crippen LogP contribution in [-0.2, 0) is 4.74 Å². The van der Waals surface area contributed by atoms with Gasteiger partial charge < -0.3 is 13.9 Å². The van der Waals surface area contributed by atoms with E-state index in [9.17, 15) is 4.79 Å². The van der Waals surface area contributed by atoms with Crippen LogP contribution in [0, 0.1) is 6.92 Å². The van der Waals surface area contributed by atoms with Crippen LogP contribution in [0.5, 0.6) is 5.75 Å². The van der Waals surface area contributed by atoms with E-state index >= 15 is 0 Å². The van der Waals surface area contributed by atoms with Crippen LogP contribution in [0.15, 0.2) is 57.7 Å². The summed E-state index contributed by atoms with van der Waals surface area (Å²) in [7, 11) is 1.63. The summed E-state index contributed by atoms with van der Waals surface area (Å²) in [6, 6.07) is 15.1. The van der Waals surface area contributed by atoms with Crippen molar-refractivity contribution < 1.29 is 13.9 Å². The Labute approximate surface area is 140 Å². The van der Waals surface area contributed by atoms with E-state index in [4.69, 9.17) is 13.9 Å². The second kappa shape index (κ2) is 6.89. The second-order valence-electron chi connectivity index (χ2n) is 5.84. The van der Waals surface area contributed by atoms with E-state index in [1.54, 1.807) is 19.2 Å². The highest BCUT2D eigenvalue weighted by molar-refractivity contribution is 5.94. The first kappa shape index (κ1) is 16.3. The number of hydrogen-bond donors (Lipinski definition) is 0. The third-order valence-electron chi connectivity index (χ3n) is 3.89. The molecular weight excluding hydrogens is 304 g/mol. The molecule has 0 fully saturated rings. The molecule has 24 heavy (non-hydrogen) atoms. The number of aryl methyl sites for hydroxylation is 1. The van der Waals surface area contributed by atoms with Crippen molar-refractivity contribution in [1.29, 1.82) is 0 Å². The number of benzene rings is 2. The largest absolute Gasteiger partial charge is 0.488 e. The van der Waals surface area contributed by atoms with Crippen LogP contribution < -0.4 is 10.4 Å². The molecule has 0 N–H and O–H groups in total. The average molecular weight is 324 g/mol. The molecule has 0 saturated carbocycles. The van der Waals surface area contributed by atoms with Gasteiger partial charge in [0.15, 0.2) is 0 Å². The highest BCUT2D eigenvalue weighted by Crippen LogP contribution is 2.31. The number of rotatable bonds is 5. The summed E-state index contributed by atoms with van der Waals surface area (Å²) in [5.74, 6) is 0.650. The van der Waals surface area contributed by atoms with Crippen molar-refractivity contribution in [3.8, 4) is 16.9 Å². The van der Waals surface area contributed by atoms with E-state index in [-0.39, 0.29) is 11.7 Å². The van der Waals surface area contributed by atoms with Crippen molar-refractivity contribution in [1.82, 2.24) is 0 Å². The molecule has 0 aliphatic heterocycles. The lowest BCUT2D eigenvalue weighted by Crippen LogP contribution is -2.17. The molecule has 0 radical (unpaired) electrons. The van der Waals surface area contributed by atoms with Gasteiger partial charge in [-0.3, -0.25) is 0 Å². The van der Waals surface area contributed by atoms with Crippen molar-refractivity contribution in [3.05, 3.63) is 64.5 Å². The van der Waals surface area contributed by atoms with Gasteiger partial charge in [-0.15, -0.1) is 0 Å². The molecule has 124 valence electrons. The van der Waals surface area contributed by atoms with Crippen molar-refractivity contribution in [2.24, 2.45) is 0 Å². The summed E-state index contributed by atoms with van der Waals surface area (Å²) in [5, 5.41) is 0.885. The zero-order valence-electron chi connectivity index (χ0n) is 14.0. The predicted molar refractivity (Wildman–Crippen MR) is 94.6 cm³/mol. The van der Waals surface area contributed by atoms with E-state index in [2.05, 4.69) is 0 Å². The highest BCUT2D eigenvalue weighted by atomic mass is 16.5. The van der Waals surface area contributed by atoms with E-state index in [0.29, 0.717) is 17.9 Å². The van der Waals surface area contributed by atoms with Gasteiger partial charge in [-0.25, -0.2) is 4.79 Å². The Kier molecular flexibility index (Phi) is 4.67. The molecule has 3 aromatic rings. The van der Waals surface area contributed by atoms with Crippen molar-refractivity contribution in [3.63, 3.8) is 0 Å². The lowest BCUT2D eigenvalue weighted by atomic mass is 9.98. The maximum atomic E-state index is 12.0. The molecule has 1 atom stereocenters. The first-order valence-corrected chi connectivity index (χ1v) is 7.88. The lowest BCUT2D eigenvalue weighted by Gasteiger charge is -2.14. The smallest absolute Gasteiger partial charge is 0.336 e. The van der Waals surface area contributed by atoms with E-state index in [1.807, 2.05) is 50.2 Å². The Balaban J connectivity index is 2.09. The number of ether oxygens (including phenoxy) is 2. The molecule has 0 spiro atoms. The molecule has 0 bridgehead atoms. The van der Waals surface area contributed by atoms with Gasteiger partial charge in [0.05, 0.1) is 6.61 Å². The fourth-order valence-electron chi connectivity index (χ4n) is 2.82. The normalized spacial score (nSPS) is 12.3. The summed E-state index contributed by atoms with van der Waals surface area (Å²) >= 11 is 0. The summed E-state index contributed by atoms with van der Waals surface area (Å²) in [6.07, 6.45) is -0.0845. The van der Waals surface area contributed by atoms with Gasteiger partial charge in [-0.2, -0.15) is 0 Å². The molecule has 4 heteroatoms. The molecule has 2 aromatic carbocycles. The summed E-state index contributed by atoms with van der Waals surface area (Å²) in [5.41, 5.74) is 3.15. The van der Waals surface area contributed by atoms with E-state index < -0.39 is 0 Å². The maximum Gasteiger partial charge on any atom is 0.336 e. The van der Waals surface area contributed by atoms with Crippen LogP contribution in [0.1, 0.15) is 12.5 Å². The fraction of sp³-hybridized carbons (Fsp3) is 0.250. The monoisotopic (exact) mass is 324 g/mol. The molecule has 0 aliphatic carbocycles. The Bertz CT molecular complexity index is 911. The quantitative estimate of drug-likeness (QED) is 0.661. The van der Waals surface area contributed by atoms with Crippen LogP contribution in [0.25, 0.3) is 22.1 Å². The molecule has 4 nitrogen and oxygen atoms in total. The van der Waals surface area contributed by atoms with Gasteiger partial charge >= 0.3 is 5.63 Å². The number of methoxy groups -OCH3 is 1. The minimum Gasteiger partial charge on any atom is -0.488 e. The third-order valence-corrected chi connectivity index (χ3v) is 3.89. The van der Waals surface area contributed by atoms with Gasteiger partial charge in [-0.1, -0.05) is 24.3 Å². The van der Waals surface area contributed by atoms with Crippen LogP contribution in [0.2, 0.25) is 0 Å². The standard InChI is InChI=1S/C20H20O4/c1-13-6-4-5-7-16(13)18-11-20(21)24-19-10-15(8-9-17(18)19)23-14(2)12-22-3/h4-11,14H,12H2,1-3H3. The average Bonchev–Trinajstić information content (AvgIpc) is 2.54. The molecule has 0 amide bonds.